The molecule has 2 aromatic rings. The first-order valence-electron chi connectivity index (χ1n) is 7.65. The van der Waals surface area contributed by atoms with Gasteiger partial charge in [-0.1, -0.05) is 57.0 Å². The SMILES string of the molecule is CCCCC(CC)c1cc(-c2ccccc2)nc(C)n1. The predicted molar refractivity (Wildman–Crippen MR) is 84.8 cm³/mol. The molecule has 0 amide bonds. The second-order valence-electron chi connectivity index (χ2n) is 5.34. The lowest BCUT2D eigenvalue weighted by molar-refractivity contribution is 0.555. The minimum atomic E-state index is 0.555. The number of benzene rings is 1. The van der Waals surface area contributed by atoms with Crippen molar-refractivity contribution in [1.29, 1.82) is 0 Å². The molecule has 2 nitrogen and oxygen atoms in total. The highest BCUT2D eigenvalue weighted by Gasteiger charge is 2.13. The van der Waals surface area contributed by atoms with E-state index in [0.717, 1.165) is 17.9 Å². The van der Waals surface area contributed by atoms with Gasteiger partial charge in [0.05, 0.1) is 5.69 Å². The number of aryl methyl sites for hydroxylation is 1. The molecule has 0 aliphatic heterocycles. The first-order valence-corrected chi connectivity index (χ1v) is 7.65. The van der Waals surface area contributed by atoms with E-state index in [4.69, 9.17) is 0 Å². The molecule has 1 heterocycles. The smallest absolute Gasteiger partial charge is 0.126 e. The summed E-state index contributed by atoms with van der Waals surface area (Å²) in [6, 6.07) is 12.5. The summed E-state index contributed by atoms with van der Waals surface area (Å²) in [5.41, 5.74) is 3.42. The molecule has 0 saturated heterocycles. The van der Waals surface area contributed by atoms with Crippen molar-refractivity contribution in [3.63, 3.8) is 0 Å². The van der Waals surface area contributed by atoms with Crippen LogP contribution in [0.4, 0.5) is 0 Å². The standard InChI is InChI=1S/C18H24N2/c1-4-6-10-15(5-2)17-13-18(20-14(3)19-17)16-11-8-7-9-12-16/h7-9,11-13,15H,4-6,10H2,1-3H3. The van der Waals surface area contributed by atoms with Gasteiger partial charge >= 0.3 is 0 Å². The Balaban J connectivity index is 2.33. The van der Waals surface area contributed by atoms with Crippen LogP contribution in [0.15, 0.2) is 36.4 Å². The third kappa shape index (κ3) is 3.66. The van der Waals surface area contributed by atoms with Gasteiger partial charge in [-0.3, -0.25) is 0 Å². The van der Waals surface area contributed by atoms with Crippen molar-refractivity contribution in [1.82, 2.24) is 9.97 Å². The van der Waals surface area contributed by atoms with Crippen molar-refractivity contribution >= 4 is 0 Å². The molecule has 20 heavy (non-hydrogen) atoms. The first kappa shape index (κ1) is 14.7. The molecule has 0 saturated carbocycles. The van der Waals surface area contributed by atoms with Gasteiger partial charge in [0, 0.05) is 17.2 Å². The topological polar surface area (TPSA) is 25.8 Å². The summed E-state index contributed by atoms with van der Waals surface area (Å²) in [6.45, 7) is 6.48. The molecule has 2 rings (SSSR count). The van der Waals surface area contributed by atoms with Gasteiger partial charge in [0.25, 0.3) is 0 Å². The highest BCUT2D eigenvalue weighted by Crippen LogP contribution is 2.27. The van der Waals surface area contributed by atoms with Crippen molar-refractivity contribution in [2.75, 3.05) is 0 Å². The molecule has 0 bridgehead atoms. The summed E-state index contributed by atoms with van der Waals surface area (Å²) in [7, 11) is 0. The summed E-state index contributed by atoms with van der Waals surface area (Å²) < 4.78 is 0. The molecule has 2 heteroatoms. The monoisotopic (exact) mass is 268 g/mol. The molecule has 1 aromatic carbocycles. The molecule has 0 spiro atoms. The van der Waals surface area contributed by atoms with E-state index in [1.165, 1.54) is 30.5 Å². The molecule has 1 unspecified atom stereocenters. The lowest BCUT2D eigenvalue weighted by Crippen LogP contribution is -2.04. The number of hydrogen-bond acceptors (Lipinski definition) is 2. The van der Waals surface area contributed by atoms with Gasteiger partial charge < -0.3 is 0 Å². The van der Waals surface area contributed by atoms with Gasteiger partial charge in [-0.2, -0.15) is 0 Å². The van der Waals surface area contributed by atoms with E-state index in [-0.39, 0.29) is 0 Å². The van der Waals surface area contributed by atoms with E-state index in [0.29, 0.717) is 5.92 Å². The van der Waals surface area contributed by atoms with Crippen LogP contribution in [0.3, 0.4) is 0 Å². The average Bonchev–Trinajstić information content (AvgIpc) is 2.48. The third-order valence-corrected chi connectivity index (χ3v) is 3.74. The number of rotatable bonds is 6. The number of aromatic nitrogens is 2. The molecular weight excluding hydrogens is 244 g/mol. The van der Waals surface area contributed by atoms with Crippen LogP contribution in [-0.4, -0.2) is 9.97 Å². The highest BCUT2D eigenvalue weighted by molar-refractivity contribution is 5.59. The molecule has 1 atom stereocenters. The number of unbranched alkanes of at least 4 members (excludes halogenated alkanes) is 1. The number of nitrogens with zero attached hydrogens (tertiary/aromatic N) is 2. The van der Waals surface area contributed by atoms with Crippen LogP contribution in [0.25, 0.3) is 11.3 Å². The van der Waals surface area contributed by atoms with Gasteiger partial charge in [0.1, 0.15) is 5.82 Å². The third-order valence-electron chi connectivity index (χ3n) is 3.74. The summed E-state index contributed by atoms with van der Waals surface area (Å²) in [6.07, 6.45) is 4.87. The Morgan fingerprint density at radius 2 is 1.80 bits per heavy atom. The quantitative estimate of drug-likeness (QED) is 0.725. The van der Waals surface area contributed by atoms with E-state index in [1.807, 2.05) is 13.0 Å². The Hall–Kier alpha value is -1.70. The van der Waals surface area contributed by atoms with Gasteiger partial charge in [-0.05, 0) is 25.8 Å². The van der Waals surface area contributed by atoms with Crippen LogP contribution in [0.2, 0.25) is 0 Å². The van der Waals surface area contributed by atoms with Crippen LogP contribution < -0.4 is 0 Å². The van der Waals surface area contributed by atoms with Crippen molar-refractivity contribution in [2.24, 2.45) is 0 Å². The minimum Gasteiger partial charge on any atom is -0.238 e. The lowest BCUT2D eigenvalue weighted by atomic mass is 9.94. The van der Waals surface area contributed by atoms with E-state index in [2.05, 4.69) is 54.1 Å². The maximum absolute atomic E-state index is 4.67. The molecular formula is C18H24N2. The first-order chi connectivity index (χ1) is 9.74. The maximum Gasteiger partial charge on any atom is 0.126 e. The van der Waals surface area contributed by atoms with Crippen molar-refractivity contribution < 1.29 is 0 Å². The summed E-state index contributed by atoms with van der Waals surface area (Å²) >= 11 is 0. The normalized spacial score (nSPS) is 12.3. The largest absolute Gasteiger partial charge is 0.238 e. The highest BCUT2D eigenvalue weighted by atomic mass is 14.9. The van der Waals surface area contributed by atoms with E-state index in [9.17, 15) is 0 Å². The van der Waals surface area contributed by atoms with Crippen molar-refractivity contribution in [3.8, 4) is 11.3 Å². The summed E-state index contributed by atoms with van der Waals surface area (Å²) in [5, 5.41) is 0. The predicted octanol–water partition coefficient (Wildman–Crippen LogP) is 5.14. The Bertz CT molecular complexity index is 534. The maximum atomic E-state index is 4.67. The second kappa shape index (κ2) is 7.18. The zero-order chi connectivity index (χ0) is 14.4. The van der Waals surface area contributed by atoms with Crippen molar-refractivity contribution in [3.05, 3.63) is 47.9 Å². The molecule has 0 aliphatic carbocycles. The molecule has 0 fully saturated rings. The van der Waals surface area contributed by atoms with Gasteiger partial charge in [0.2, 0.25) is 0 Å². The van der Waals surface area contributed by atoms with Crippen LogP contribution >= 0.6 is 0 Å². The zero-order valence-electron chi connectivity index (χ0n) is 12.8. The Morgan fingerprint density at radius 1 is 1.05 bits per heavy atom. The molecule has 106 valence electrons. The van der Waals surface area contributed by atoms with E-state index < -0.39 is 0 Å². The van der Waals surface area contributed by atoms with E-state index >= 15 is 0 Å². The fourth-order valence-electron chi connectivity index (χ4n) is 2.57. The average molecular weight is 268 g/mol. The summed E-state index contributed by atoms with van der Waals surface area (Å²) in [4.78, 5) is 9.26. The van der Waals surface area contributed by atoms with Gasteiger partial charge in [-0.15, -0.1) is 0 Å². The Morgan fingerprint density at radius 3 is 2.45 bits per heavy atom. The van der Waals surface area contributed by atoms with Gasteiger partial charge in [0.15, 0.2) is 0 Å². The fraction of sp³-hybridized carbons (Fsp3) is 0.444. The molecule has 0 aliphatic rings. The fourth-order valence-corrected chi connectivity index (χ4v) is 2.57. The lowest BCUT2D eigenvalue weighted by Gasteiger charge is -2.15. The van der Waals surface area contributed by atoms with Gasteiger partial charge in [-0.25, -0.2) is 9.97 Å². The molecule has 0 radical (unpaired) electrons. The molecule has 1 aromatic heterocycles. The van der Waals surface area contributed by atoms with Crippen LogP contribution in [-0.2, 0) is 0 Å². The Kier molecular flexibility index (Phi) is 5.28. The van der Waals surface area contributed by atoms with Crippen LogP contribution in [0.1, 0.15) is 57.0 Å². The minimum absolute atomic E-state index is 0.555. The van der Waals surface area contributed by atoms with Crippen LogP contribution in [0, 0.1) is 6.92 Å². The second-order valence-corrected chi connectivity index (χ2v) is 5.34. The van der Waals surface area contributed by atoms with Crippen molar-refractivity contribution in [2.45, 2.75) is 52.4 Å². The molecule has 0 N–H and O–H groups in total. The Labute approximate surface area is 122 Å². The van der Waals surface area contributed by atoms with Crippen LogP contribution in [0.5, 0.6) is 0 Å². The summed E-state index contributed by atoms with van der Waals surface area (Å²) in [5.74, 6) is 1.43. The number of hydrogen-bond donors (Lipinski definition) is 0. The zero-order valence-corrected chi connectivity index (χ0v) is 12.8. The van der Waals surface area contributed by atoms with E-state index in [1.54, 1.807) is 0 Å².